The Morgan fingerprint density at radius 3 is 2.78 bits per heavy atom. The van der Waals surface area contributed by atoms with Crippen molar-refractivity contribution in [3.05, 3.63) is 34.1 Å². The Bertz CT molecular complexity index is 644. The van der Waals surface area contributed by atoms with Crippen LogP contribution in [0, 0.1) is 0 Å². The van der Waals surface area contributed by atoms with E-state index in [-0.39, 0.29) is 5.78 Å². The minimum absolute atomic E-state index is 0.0282. The highest BCUT2D eigenvalue weighted by Gasteiger charge is 2.14. The first-order valence-corrected chi connectivity index (χ1v) is 8.19. The van der Waals surface area contributed by atoms with E-state index in [0.717, 1.165) is 49.2 Å². The maximum Gasteiger partial charge on any atom is 0.161 e. The number of nitrogens with zero attached hydrogens (tertiary/aromatic N) is 3. The average Bonchev–Trinajstić information content (AvgIpc) is 3.03. The van der Waals surface area contributed by atoms with Gasteiger partial charge in [-0.1, -0.05) is 24.9 Å². The number of unbranched alkanes of at least 4 members (excludes halogenated alkanes) is 1. The number of aromatic nitrogens is 4. The van der Waals surface area contributed by atoms with Gasteiger partial charge in [-0.15, -0.1) is 5.10 Å². The number of hydrogen-bond acceptors (Lipinski definition) is 5. The molecule has 2 rings (SSSR count). The van der Waals surface area contributed by atoms with E-state index in [1.807, 2.05) is 6.07 Å². The molecular weight excluding hydrogens is 316 g/mol. The minimum atomic E-state index is -0.0282. The van der Waals surface area contributed by atoms with Gasteiger partial charge in [-0.05, 0) is 48.7 Å². The molecule has 7 heteroatoms. The number of tetrazole rings is 1. The van der Waals surface area contributed by atoms with E-state index >= 15 is 0 Å². The molecule has 1 heterocycles. The number of hydrogen-bond donors (Lipinski definition) is 1. The molecule has 0 aliphatic carbocycles. The molecule has 0 bridgehead atoms. The van der Waals surface area contributed by atoms with E-state index in [2.05, 4.69) is 27.5 Å². The fourth-order valence-corrected chi connectivity index (χ4v) is 2.74. The maximum atomic E-state index is 11.6. The van der Waals surface area contributed by atoms with Gasteiger partial charge in [0.1, 0.15) is 11.6 Å². The second-order valence-electron chi connectivity index (χ2n) is 5.36. The van der Waals surface area contributed by atoms with Crippen LogP contribution < -0.4 is 4.74 Å². The van der Waals surface area contributed by atoms with Crippen LogP contribution in [0.2, 0.25) is 5.02 Å². The summed E-state index contributed by atoms with van der Waals surface area (Å²) < 4.78 is 5.87. The summed E-state index contributed by atoms with van der Waals surface area (Å²) in [6.07, 6.45) is 4.34. The number of aryl methyl sites for hydroxylation is 1. The summed E-state index contributed by atoms with van der Waals surface area (Å²) >= 11 is 6.37. The highest BCUT2D eigenvalue weighted by atomic mass is 35.5. The van der Waals surface area contributed by atoms with E-state index in [1.54, 1.807) is 6.07 Å². The third-order valence-corrected chi connectivity index (χ3v) is 3.97. The number of H-pyrrole nitrogens is 1. The minimum Gasteiger partial charge on any atom is -0.493 e. The second kappa shape index (κ2) is 8.62. The van der Waals surface area contributed by atoms with Crippen LogP contribution in [-0.2, 0) is 12.8 Å². The highest BCUT2D eigenvalue weighted by molar-refractivity contribution is 6.34. The Kier molecular flexibility index (Phi) is 6.52. The van der Waals surface area contributed by atoms with E-state index in [9.17, 15) is 4.79 Å². The van der Waals surface area contributed by atoms with Gasteiger partial charge in [0, 0.05) is 17.5 Å². The molecule has 1 aromatic carbocycles. The molecule has 0 aliphatic heterocycles. The predicted octanol–water partition coefficient (Wildman–Crippen LogP) is 3.41. The van der Waals surface area contributed by atoms with Crippen molar-refractivity contribution in [1.29, 1.82) is 0 Å². The van der Waals surface area contributed by atoms with Crippen molar-refractivity contribution in [3.8, 4) is 5.75 Å². The molecule has 0 unspecified atom stereocenters. The molecule has 0 atom stereocenters. The van der Waals surface area contributed by atoms with Crippen LogP contribution in [0.3, 0.4) is 0 Å². The van der Waals surface area contributed by atoms with Crippen LogP contribution in [-0.4, -0.2) is 33.0 Å². The lowest BCUT2D eigenvalue weighted by molar-refractivity contribution is 0.101. The number of ketones is 1. The molecule has 1 N–H and O–H groups in total. The van der Waals surface area contributed by atoms with E-state index in [1.165, 1.54) is 6.92 Å². The Morgan fingerprint density at radius 1 is 1.30 bits per heavy atom. The molecule has 0 radical (unpaired) electrons. The van der Waals surface area contributed by atoms with Crippen LogP contribution in [0.4, 0.5) is 0 Å². The number of halogens is 1. The fraction of sp³-hybridized carbons (Fsp3) is 0.500. The number of carbonyl (C=O) groups is 1. The summed E-state index contributed by atoms with van der Waals surface area (Å²) in [6.45, 7) is 4.19. The second-order valence-corrected chi connectivity index (χ2v) is 5.74. The highest BCUT2D eigenvalue weighted by Crippen LogP contribution is 2.31. The molecular formula is C16H21ClN4O2. The summed E-state index contributed by atoms with van der Waals surface area (Å²) in [6, 6.07) is 3.58. The van der Waals surface area contributed by atoms with Gasteiger partial charge in [0.15, 0.2) is 5.78 Å². The van der Waals surface area contributed by atoms with Gasteiger partial charge in [0.05, 0.1) is 11.6 Å². The standard InChI is InChI=1S/C16H21ClN4O2/c1-3-6-13-14(9-8-12(11(2)22)16(13)17)23-10-5-4-7-15-18-20-21-19-15/h8-9H,3-7,10H2,1-2H3,(H,18,19,20,21). The lowest BCUT2D eigenvalue weighted by Gasteiger charge is -2.14. The first-order chi connectivity index (χ1) is 11.1. The molecule has 0 fully saturated rings. The molecule has 2 aromatic rings. The van der Waals surface area contributed by atoms with Gasteiger partial charge in [-0.2, -0.15) is 0 Å². The number of benzene rings is 1. The van der Waals surface area contributed by atoms with Crippen molar-refractivity contribution in [3.63, 3.8) is 0 Å². The van der Waals surface area contributed by atoms with Gasteiger partial charge in [-0.3, -0.25) is 4.79 Å². The normalized spacial score (nSPS) is 10.7. The third-order valence-electron chi connectivity index (χ3n) is 3.53. The number of rotatable bonds is 9. The van der Waals surface area contributed by atoms with Gasteiger partial charge >= 0.3 is 0 Å². The molecule has 0 amide bonds. The molecule has 0 saturated heterocycles. The van der Waals surface area contributed by atoms with Crippen molar-refractivity contribution in [2.75, 3.05) is 6.61 Å². The monoisotopic (exact) mass is 336 g/mol. The smallest absolute Gasteiger partial charge is 0.161 e. The van der Waals surface area contributed by atoms with Crippen LogP contribution in [0.15, 0.2) is 12.1 Å². The number of nitrogens with one attached hydrogen (secondary N) is 1. The summed E-state index contributed by atoms with van der Waals surface area (Å²) in [5, 5.41) is 14.2. The molecule has 0 spiro atoms. The summed E-state index contributed by atoms with van der Waals surface area (Å²) in [4.78, 5) is 11.6. The molecule has 6 nitrogen and oxygen atoms in total. The first kappa shape index (κ1) is 17.4. The Hall–Kier alpha value is -1.95. The summed E-state index contributed by atoms with van der Waals surface area (Å²) in [5.41, 5.74) is 1.47. The molecule has 124 valence electrons. The lowest BCUT2D eigenvalue weighted by atomic mass is 10.0. The Morgan fingerprint density at radius 2 is 2.13 bits per heavy atom. The van der Waals surface area contributed by atoms with Crippen molar-refractivity contribution in [2.24, 2.45) is 0 Å². The van der Waals surface area contributed by atoms with Crippen LogP contribution in [0.1, 0.15) is 54.9 Å². The van der Waals surface area contributed by atoms with Crippen molar-refractivity contribution in [1.82, 2.24) is 20.6 Å². The zero-order valence-electron chi connectivity index (χ0n) is 13.4. The summed E-state index contributed by atoms with van der Waals surface area (Å²) in [5.74, 6) is 1.52. The average molecular weight is 337 g/mol. The predicted molar refractivity (Wildman–Crippen MR) is 88.1 cm³/mol. The quantitative estimate of drug-likeness (QED) is 0.560. The number of ether oxygens (including phenoxy) is 1. The maximum absolute atomic E-state index is 11.6. The van der Waals surface area contributed by atoms with Crippen molar-refractivity contribution < 1.29 is 9.53 Å². The first-order valence-electron chi connectivity index (χ1n) is 7.81. The zero-order valence-corrected chi connectivity index (χ0v) is 14.2. The lowest BCUT2D eigenvalue weighted by Crippen LogP contribution is -2.04. The largest absolute Gasteiger partial charge is 0.493 e. The van der Waals surface area contributed by atoms with E-state index in [4.69, 9.17) is 16.3 Å². The molecule has 0 saturated carbocycles. The number of carbonyl (C=O) groups excluding carboxylic acids is 1. The van der Waals surface area contributed by atoms with E-state index in [0.29, 0.717) is 17.2 Å². The number of Topliss-reactive ketones (excluding diaryl/α,β-unsaturated/α-hetero) is 1. The van der Waals surface area contributed by atoms with Gasteiger partial charge in [-0.25, -0.2) is 5.10 Å². The molecule has 0 aliphatic rings. The fourth-order valence-electron chi connectivity index (χ4n) is 2.35. The van der Waals surface area contributed by atoms with Crippen LogP contribution in [0.5, 0.6) is 5.75 Å². The number of aromatic amines is 1. The summed E-state index contributed by atoms with van der Waals surface area (Å²) in [7, 11) is 0. The van der Waals surface area contributed by atoms with E-state index < -0.39 is 0 Å². The van der Waals surface area contributed by atoms with Crippen LogP contribution >= 0.6 is 11.6 Å². The third kappa shape index (κ3) is 4.76. The van der Waals surface area contributed by atoms with Gasteiger partial charge < -0.3 is 4.74 Å². The topological polar surface area (TPSA) is 80.8 Å². The Labute approximate surface area is 140 Å². The van der Waals surface area contributed by atoms with Crippen molar-refractivity contribution >= 4 is 17.4 Å². The zero-order chi connectivity index (χ0) is 16.7. The van der Waals surface area contributed by atoms with Gasteiger partial charge in [0.2, 0.25) is 0 Å². The van der Waals surface area contributed by atoms with Crippen LogP contribution in [0.25, 0.3) is 0 Å². The van der Waals surface area contributed by atoms with Crippen molar-refractivity contribution in [2.45, 2.75) is 46.0 Å². The van der Waals surface area contributed by atoms with Gasteiger partial charge in [0.25, 0.3) is 0 Å². The Balaban J connectivity index is 1.93. The molecule has 23 heavy (non-hydrogen) atoms. The molecule has 1 aromatic heterocycles. The SMILES string of the molecule is CCCc1c(OCCCCc2nnn[nH]2)ccc(C(C)=O)c1Cl.